The number of carbonyl (C=O) groups is 1. The maximum absolute atomic E-state index is 10.0. The zero-order valence-corrected chi connectivity index (χ0v) is 15.6. The normalized spacial score (nSPS) is 16.4. The Labute approximate surface area is 159 Å². The first kappa shape index (κ1) is 17.1. The molecule has 0 fully saturated rings. The number of allylic oxidation sites excluding steroid dienone is 3. The Kier molecular flexibility index (Phi) is 5.21. The van der Waals surface area contributed by atoms with E-state index in [9.17, 15) is 4.79 Å². The van der Waals surface area contributed by atoms with E-state index >= 15 is 0 Å². The second-order valence-corrected chi connectivity index (χ2v) is 7.65. The molecule has 0 aromatic heterocycles. The van der Waals surface area contributed by atoms with Gasteiger partial charge in [-0.25, -0.2) is 0 Å². The highest BCUT2D eigenvalue weighted by Crippen LogP contribution is 2.38. The third kappa shape index (κ3) is 3.47. The van der Waals surface area contributed by atoms with E-state index in [1.165, 1.54) is 47.9 Å². The van der Waals surface area contributed by atoms with Gasteiger partial charge in [0.05, 0.1) is 0 Å². The van der Waals surface area contributed by atoms with Crippen LogP contribution in [0.3, 0.4) is 0 Å². The van der Waals surface area contributed by atoms with E-state index in [1.54, 1.807) is 22.9 Å². The van der Waals surface area contributed by atoms with Crippen LogP contribution in [0.4, 0.5) is 0 Å². The van der Waals surface area contributed by atoms with Crippen LogP contribution >= 0.6 is 11.8 Å². The molecule has 2 aliphatic carbocycles. The fraction of sp³-hybridized carbons (Fsp3) is 0.208. The van der Waals surface area contributed by atoms with Gasteiger partial charge in [0.25, 0.3) is 0 Å². The molecule has 0 atom stereocenters. The maximum atomic E-state index is 10.0. The maximum Gasteiger partial charge on any atom is 0.149 e. The minimum Gasteiger partial charge on any atom is -0.298 e. The van der Waals surface area contributed by atoms with Gasteiger partial charge in [-0.2, -0.15) is 0 Å². The monoisotopic (exact) mass is 358 g/mol. The lowest BCUT2D eigenvalue weighted by Crippen LogP contribution is -2.09. The highest BCUT2D eigenvalue weighted by atomic mass is 32.2. The SMILES string of the molecule is C1=Cc2ccc3c(c2CC1)CCc1ccccc1-3.O=CC1=CCSC=C1. The van der Waals surface area contributed by atoms with E-state index in [1.807, 2.05) is 17.6 Å². The van der Waals surface area contributed by atoms with Gasteiger partial charge in [0.2, 0.25) is 0 Å². The zero-order chi connectivity index (χ0) is 17.8. The van der Waals surface area contributed by atoms with Crippen LogP contribution in [-0.4, -0.2) is 12.0 Å². The van der Waals surface area contributed by atoms with Crippen molar-refractivity contribution in [2.75, 3.05) is 5.75 Å². The average Bonchev–Trinajstić information content (AvgIpc) is 2.74. The molecule has 2 heteroatoms. The second-order valence-electron chi connectivity index (χ2n) is 6.72. The van der Waals surface area contributed by atoms with Crippen LogP contribution < -0.4 is 0 Å². The van der Waals surface area contributed by atoms with Crippen molar-refractivity contribution in [2.24, 2.45) is 0 Å². The zero-order valence-electron chi connectivity index (χ0n) is 14.8. The minimum atomic E-state index is 0.795. The fourth-order valence-corrected chi connectivity index (χ4v) is 4.53. The summed E-state index contributed by atoms with van der Waals surface area (Å²) in [5, 5.41) is 1.93. The molecule has 0 bridgehead atoms. The molecule has 1 heterocycles. The molecule has 3 aliphatic rings. The number of hydrogen-bond donors (Lipinski definition) is 0. The molecule has 26 heavy (non-hydrogen) atoms. The molecule has 130 valence electrons. The van der Waals surface area contributed by atoms with Gasteiger partial charge in [-0.05, 0) is 70.5 Å². The van der Waals surface area contributed by atoms with Crippen molar-refractivity contribution in [1.82, 2.24) is 0 Å². The van der Waals surface area contributed by atoms with Gasteiger partial charge in [0.15, 0.2) is 0 Å². The van der Waals surface area contributed by atoms with Crippen molar-refractivity contribution in [3.8, 4) is 11.1 Å². The smallest absolute Gasteiger partial charge is 0.149 e. The van der Waals surface area contributed by atoms with E-state index in [0.717, 1.165) is 17.6 Å². The van der Waals surface area contributed by atoms with Gasteiger partial charge >= 0.3 is 0 Å². The summed E-state index contributed by atoms with van der Waals surface area (Å²) < 4.78 is 0. The van der Waals surface area contributed by atoms with Gasteiger partial charge in [-0.3, -0.25) is 4.79 Å². The van der Waals surface area contributed by atoms with Crippen LogP contribution in [0.2, 0.25) is 0 Å². The van der Waals surface area contributed by atoms with Crippen LogP contribution in [-0.2, 0) is 24.1 Å². The molecular weight excluding hydrogens is 336 g/mol. The Morgan fingerprint density at radius 3 is 2.62 bits per heavy atom. The van der Waals surface area contributed by atoms with Crippen molar-refractivity contribution >= 4 is 24.1 Å². The number of carbonyl (C=O) groups excluding carboxylic acids is 1. The third-order valence-corrected chi connectivity index (χ3v) is 5.87. The summed E-state index contributed by atoms with van der Waals surface area (Å²) in [7, 11) is 0. The van der Waals surface area contributed by atoms with Crippen LogP contribution in [0.1, 0.15) is 28.7 Å². The number of aryl methyl sites for hydroxylation is 1. The summed E-state index contributed by atoms with van der Waals surface area (Å²) in [6.45, 7) is 0. The van der Waals surface area contributed by atoms with E-state index in [4.69, 9.17) is 0 Å². The quantitative estimate of drug-likeness (QED) is 0.601. The Balaban J connectivity index is 0.000000178. The molecule has 0 amide bonds. The molecule has 0 unspecified atom stereocenters. The van der Waals surface area contributed by atoms with Crippen LogP contribution in [0.5, 0.6) is 0 Å². The lowest BCUT2D eigenvalue weighted by atomic mass is 9.80. The highest BCUT2D eigenvalue weighted by molar-refractivity contribution is 8.02. The standard InChI is InChI=1S/C18H16.C6H6OS/c1-3-7-15-13(5-1)9-11-18-16-8-4-2-6-14(16)10-12-17(15)18;7-5-6-1-3-8-4-2-6/h1-3,5-7,10,12H,4,8-9,11H2;1-3,5H,4H2. The van der Waals surface area contributed by atoms with Gasteiger partial charge < -0.3 is 0 Å². The lowest BCUT2D eigenvalue weighted by Gasteiger charge is -2.25. The van der Waals surface area contributed by atoms with Crippen molar-refractivity contribution in [3.63, 3.8) is 0 Å². The average molecular weight is 359 g/mol. The Morgan fingerprint density at radius 1 is 0.885 bits per heavy atom. The number of benzene rings is 2. The first-order valence-corrected chi connectivity index (χ1v) is 10.2. The molecule has 0 saturated carbocycles. The molecule has 0 N–H and O–H groups in total. The Hall–Kier alpha value is -2.32. The lowest BCUT2D eigenvalue weighted by molar-refractivity contribution is -0.104. The summed E-state index contributed by atoms with van der Waals surface area (Å²) in [5.74, 6) is 0.935. The van der Waals surface area contributed by atoms with Gasteiger partial charge in [-0.1, -0.05) is 54.6 Å². The molecule has 0 spiro atoms. The van der Waals surface area contributed by atoms with Crippen molar-refractivity contribution in [1.29, 1.82) is 0 Å². The van der Waals surface area contributed by atoms with Gasteiger partial charge in [0, 0.05) is 11.3 Å². The predicted octanol–water partition coefficient (Wildman–Crippen LogP) is 5.78. The fourth-order valence-electron chi connectivity index (χ4n) is 3.88. The largest absolute Gasteiger partial charge is 0.298 e. The molecule has 5 rings (SSSR count). The molecule has 2 aromatic carbocycles. The van der Waals surface area contributed by atoms with E-state index in [2.05, 4.69) is 48.6 Å². The first-order chi connectivity index (χ1) is 12.9. The minimum absolute atomic E-state index is 0.795. The van der Waals surface area contributed by atoms with Gasteiger partial charge in [-0.15, -0.1) is 11.8 Å². The van der Waals surface area contributed by atoms with Crippen LogP contribution in [0, 0.1) is 0 Å². The summed E-state index contributed by atoms with van der Waals surface area (Å²) >= 11 is 1.70. The molecule has 2 aromatic rings. The number of hydrogen-bond acceptors (Lipinski definition) is 2. The van der Waals surface area contributed by atoms with E-state index in [-0.39, 0.29) is 0 Å². The number of fused-ring (bicyclic) bond motifs is 5. The Bertz CT molecular complexity index is 918. The number of rotatable bonds is 1. The first-order valence-electron chi connectivity index (χ1n) is 9.20. The Morgan fingerprint density at radius 2 is 1.81 bits per heavy atom. The summed E-state index contributed by atoms with van der Waals surface area (Å²) in [5.41, 5.74) is 9.89. The van der Waals surface area contributed by atoms with Crippen molar-refractivity contribution in [2.45, 2.75) is 25.7 Å². The summed E-state index contributed by atoms with van der Waals surface area (Å²) in [6.07, 6.45) is 14.0. The van der Waals surface area contributed by atoms with Crippen molar-refractivity contribution in [3.05, 3.63) is 87.9 Å². The van der Waals surface area contributed by atoms with Crippen LogP contribution in [0.25, 0.3) is 17.2 Å². The molecule has 0 saturated heterocycles. The highest BCUT2D eigenvalue weighted by Gasteiger charge is 2.20. The molecule has 0 radical (unpaired) electrons. The molecular formula is C24H22OS. The summed E-state index contributed by atoms with van der Waals surface area (Å²) in [4.78, 5) is 10.0. The number of thioether (sulfide) groups is 1. The van der Waals surface area contributed by atoms with E-state index in [0.29, 0.717) is 0 Å². The van der Waals surface area contributed by atoms with E-state index < -0.39 is 0 Å². The van der Waals surface area contributed by atoms with Gasteiger partial charge in [0.1, 0.15) is 6.29 Å². The predicted molar refractivity (Wildman–Crippen MR) is 112 cm³/mol. The third-order valence-electron chi connectivity index (χ3n) is 5.19. The van der Waals surface area contributed by atoms with Crippen molar-refractivity contribution < 1.29 is 4.79 Å². The summed E-state index contributed by atoms with van der Waals surface area (Å²) in [6, 6.07) is 13.5. The van der Waals surface area contributed by atoms with Crippen LogP contribution in [0.15, 0.2) is 65.6 Å². The molecule has 1 nitrogen and oxygen atoms in total. The number of aldehydes is 1. The molecule has 1 aliphatic heterocycles. The topological polar surface area (TPSA) is 17.1 Å². The second kappa shape index (κ2) is 7.92.